The molecule has 6 heteroatoms. The van der Waals surface area contributed by atoms with E-state index in [-0.39, 0.29) is 12.0 Å². The van der Waals surface area contributed by atoms with Gasteiger partial charge in [-0.15, -0.1) is 0 Å². The Morgan fingerprint density at radius 2 is 1.68 bits per heavy atom. The van der Waals surface area contributed by atoms with Crippen LogP contribution < -0.4 is 15.2 Å². The van der Waals surface area contributed by atoms with Gasteiger partial charge in [-0.05, 0) is 41.7 Å². The molecule has 5 nitrogen and oxygen atoms in total. The molecule has 0 saturated heterocycles. The van der Waals surface area contributed by atoms with Gasteiger partial charge in [-0.1, -0.05) is 56.3 Å². The average molecular weight is 401 g/mol. The van der Waals surface area contributed by atoms with Crippen LogP contribution in [-0.2, 0) is 15.0 Å². The van der Waals surface area contributed by atoms with Gasteiger partial charge in [0, 0.05) is 5.41 Å². The second-order valence-electron chi connectivity index (χ2n) is 7.02. The molecule has 28 heavy (non-hydrogen) atoms. The van der Waals surface area contributed by atoms with Gasteiger partial charge in [0.25, 0.3) is 5.91 Å². The van der Waals surface area contributed by atoms with E-state index in [1.165, 1.54) is 17.3 Å². The second kappa shape index (κ2) is 10.2. The summed E-state index contributed by atoms with van der Waals surface area (Å²) < 4.78 is 5.50. The minimum atomic E-state index is -1.28. The number of hydrogen-bond acceptors (Lipinski definition) is 5. The highest BCUT2D eigenvalue weighted by Gasteiger charge is 2.22. The number of carbonyl (C=O) groups excluding carboxylic acids is 2. The monoisotopic (exact) mass is 400 g/mol. The summed E-state index contributed by atoms with van der Waals surface area (Å²) in [5.74, 6) is -0.589. The van der Waals surface area contributed by atoms with Gasteiger partial charge in [0.2, 0.25) is 0 Å². The number of aliphatic carboxylic acids is 1. The first-order chi connectivity index (χ1) is 13.3. The molecule has 0 aliphatic carbocycles. The van der Waals surface area contributed by atoms with Crippen molar-refractivity contribution in [3.8, 4) is 5.75 Å². The molecule has 0 aliphatic rings. The van der Waals surface area contributed by atoms with Crippen molar-refractivity contribution < 1.29 is 19.4 Å². The lowest BCUT2D eigenvalue weighted by Gasteiger charge is -2.26. The first-order valence-corrected chi connectivity index (χ1v) is 10.5. The Kier molecular flexibility index (Phi) is 7.93. The third kappa shape index (κ3) is 6.02. The van der Waals surface area contributed by atoms with E-state index in [1.54, 1.807) is 0 Å². The number of carboxylic acid groups (broad SMARTS) is 1. The van der Waals surface area contributed by atoms with Crippen molar-refractivity contribution in [3.05, 3.63) is 65.7 Å². The van der Waals surface area contributed by atoms with Crippen LogP contribution in [0, 0.1) is 0 Å². The molecular weight excluding hydrogens is 374 g/mol. The van der Waals surface area contributed by atoms with Crippen LogP contribution in [0.3, 0.4) is 0 Å². The van der Waals surface area contributed by atoms with Crippen molar-refractivity contribution in [1.82, 2.24) is 5.32 Å². The zero-order chi connectivity index (χ0) is 20.6. The SMILES string of the molecule is CSCC[C@H](NC(=O)COc1ccc(C(C)(C)c2ccccc2)cc1)C(=O)[O-]. The molecule has 0 spiro atoms. The number of rotatable bonds is 10. The van der Waals surface area contributed by atoms with E-state index in [9.17, 15) is 14.7 Å². The van der Waals surface area contributed by atoms with Crippen LogP contribution in [0.4, 0.5) is 0 Å². The normalized spacial score (nSPS) is 12.2. The smallest absolute Gasteiger partial charge is 0.258 e. The predicted octanol–water partition coefficient (Wildman–Crippen LogP) is 2.38. The fraction of sp³-hybridized carbons (Fsp3) is 0.364. The number of benzene rings is 2. The van der Waals surface area contributed by atoms with Gasteiger partial charge in [0.1, 0.15) is 5.75 Å². The van der Waals surface area contributed by atoms with Crippen LogP contribution in [0.2, 0.25) is 0 Å². The topological polar surface area (TPSA) is 78.5 Å². The van der Waals surface area contributed by atoms with E-state index >= 15 is 0 Å². The molecule has 0 radical (unpaired) electrons. The largest absolute Gasteiger partial charge is 0.548 e. The lowest BCUT2D eigenvalue weighted by Crippen LogP contribution is -2.49. The number of carboxylic acids is 1. The fourth-order valence-electron chi connectivity index (χ4n) is 2.86. The average Bonchev–Trinajstić information content (AvgIpc) is 2.70. The predicted molar refractivity (Wildman–Crippen MR) is 110 cm³/mol. The van der Waals surface area contributed by atoms with Gasteiger partial charge in [-0.3, -0.25) is 4.79 Å². The molecule has 2 aromatic carbocycles. The summed E-state index contributed by atoms with van der Waals surface area (Å²) in [4.78, 5) is 23.1. The lowest BCUT2D eigenvalue weighted by molar-refractivity contribution is -0.308. The molecule has 0 aromatic heterocycles. The lowest BCUT2D eigenvalue weighted by atomic mass is 9.78. The summed E-state index contributed by atoms with van der Waals surface area (Å²) in [5, 5.41) is 13.5. The van der Waals surface area contributed by atoms with Gasteiger partial charge in [0.05, 0.1) is 12.0 Å². The molecule has 0 bridgehead atoms. The Bertz CT molecular complexity index is 775. The molecule has 1 N–H and O–H groups in total. The molecule has 0 fully saturated rings. The molecule has 0 saturated carbocycles. The van der Waals surface area contributed by atoms with Gasteiger partial charge < -0.3 is 20.0 Å². The van der Waals surface area contributed by atoms with Crippen molar-refractivity contribution in [3.63, 3.8) is 0 Å². The molecule has 0 aliphatic heterocycles. The van der Waals surface area contributed by atoms with Crippen LogP contribution >= 0.6 is 11.8 Å². The van der Waals surface area contributed by atoms with Crippen molar-refractivity contribution in [2.24, 2.45) is 0 Å². The Morgan fingerprint density at radius 1 is 1.07 bits per heavy atom. The Morgan fingerprint density at radius 3 is 2.25 bits per heavy atom. The van der Waals surface area contributed by atoms with Crippen molar-refractivity contribution in [2.75, 3.05) is 18.6 Å². The molecule has 150 valence electrons. The van der Waals surface area contributed by atoms with Crippen molar-refractivity contribution >= 4 is 23.6 Å². The van der Waals surface area contributed by atoms with Crippen LogP contribution in [0.5, 0.6) is 5.75 Å². The highest BCUT2D eigenvalue weighted by Crippen LogP contribution is 2.32. The van der Waals surface area contributed by atoms with E-state index in [0.29, 0.717) is 17.9 Å². The third-order valence-corrected chi connectivity index (χ3v) is 5.32. The Labute approximate surface area is 170 Å². The first-order valence-electron chi connectivity index (χ1n) is 9.12. The maximum atomic E-state index is 12.0. The van der Waals surface area contributed by atoms with Crippen LogP contribution in [-0.4, -0.2) is 36.5 Å². The first kappa shape index (κ1) is 21.8. The van der Waals surface area contributed by atoms with E-state index < -0.39 is 17.9 Å². The van der Waals surface area contributed by atoms with Gasteiger partial charge in [-0.25, -0.2) is 0 Å². The fourth-order valence-corrected chi connectivity index (χ4v) is 3.33. The number of ether oxygens (including phenoxy) is 1. The highest BCUT2D eigenvalue weighted by molar-refractivity contribution is 7.98. The molecular formula is C22H26NO4S-. The number of nitrogens with one attached hydrogen (secondary N) is 1. The summed E-state index contributed by atoms with van der Waals surface area (Å²) in [6.45, 7) is 4.06. The van der Waals surface area contributed by atoms with E-state index in [2.05, 4.69) is 31.3 Å². The van der Waals surface area contributed by atoms with Gasteiger partial charge >= 0.3 is 0 Å². The maximum Gasteiger partial charge on any atom is 0.258 e. The third-order valence-electron chi connectivity index (χ3n) is 4.67. The molecule has 2 rings (SSSR count). The molecule has 1 atom stereocenters. The maximum absolute atomic E-state index is 12.0. The number of carbonyl (C=O) groups is 2. The van der Waals surface area contributed by atoms with E-state index in [4.69, 9.17) is 4.74 Å². The Hall–Kier alpha value is -2.47. The van der Waals surface area contributed by atoms with Gasteiger partial charge in [0.15, 0.2) is 6.61 Å². The van der Waals surface area contributed by atoms with Crippen molar-refractivity contribution in [2.45, 2.75) is 31.7 Å². The van der Waals surface area contributed by atoms with Gasteiger partial charge in [-0.2, -0.15) is 11.8 Å². The highest BCUT2D eigenvalue weighted by atomic mass is 32.2. The second-order valence-corrected chi connectivity index (χ2v) is 8.01. The summed E-state index contributed by atoms with van der Waals surface area (Å²) in [6, 6.07) is 16.8. The van der Waals surface area contributed by atoms with Crippen molar-refractivity contribution in [1.29, 1.82) is 0 Å². The zero-order valence-electron chi connectivity index (χ0n) is 16.4. The van der Waals surface area contributed by atoms with Crippen LogP contribution in [0.25, 0.3) is 0 Å². The summed E-state index contributed by atoms with van der Waals surface area (Å²) in [5.41, 5.74) is 2.18. The van der Waals surface area contributed by atoms with Crippen LogP contribution in [0.15, 0.2) is 54.6 Å². The number of thioether (sulfide) groups is 1. The Balaban J connectivity index is 1.93. The van der Waals surface area contributed by atoms with E-state index in [0.717, 1.165) is 5.56 Å². The molecule has 0 heterocycles. The quantitative estimate of drug-likeness (QED) is 0.662. The van der Waals surface area contributed by atoms with E-state index in [1.807, 2.05) is 48.7 Å². The zero-order valence-corrected chi connectivity index (χ0v) is 17.3. The minimum absolute atomic E-state index is 0.157. The molecule has 2 aromatic rings. The summed E-state index contributed by atoms with van der Waals surface area (Å²) >= 11 is 1.51. The van der Waals surface area contributed by atoms with Crippen LogP contribution in [0.1, 0.15) is 31.4 Å². The summed E-state index contributed by atoms with van der Waals surface area (Å²) in [6.07, 6.45) is 2.19. The number of hydrogen-bond donors (Lipinski definition) is 1. The number of amides is 1. The standard InChI is InChI=1S/C22H27NO4S/c1-22(2,16-7-5-4-6-8-16)17-9-11-18(12-10-17)27-15-20(24)23-19(21(25)26)13-14-28-3/h4-12,19H,13-15H2,1-3H3,(H,23,24)(H,25,26)/p-1/t19-/m0/s1. The summed E-state index contributed by atoms with van der Waals surface area (Å²) in [7, 11) is 0. The molecule has 0 unspecified atom stereocenters. The molecule has 1 amide bonds. The minimum Gasteiger partial charge on any atom is -0.548 e.